The Morgan fingerprint density at radius 3 is 2.84 bits per heavy atom. The van der Waals surface area contributed by atoms with E-state index in [2.05, 4.69) is 10.4 Å². The molecule has 4 nitrogen and oxygen atoms in total. The van der Waals surface area contributed by atoms with E-state index in [-0.39, 0.29) is 10.8 Å². The largest absolute Gasteiger partial charge is 0.389 e. The molecule has 0 fully saturated rings. The van der Waals surface area contributed by atoms with Crippen LogP contribution in [0.25, 0.3) is 0 Å². The maximum absolute atomic E-state index is 13.2. The van der Waals surface area contributed by atoms with Crippen molar-refractivity contribution in [2.45, 2.75) is 13.5 Å². The van der Waals surface area contributed by atoms with Crippen molar-refractivity contribution in [2.24, 2.45) is 12.8 Å². The second kappa shape index (κ2) is 5.36. The lowest BCUT2D eigenvalue weighted by Crippen LogP contribution is -2.13. The van der Waals surface area contributed by atoms with Crippen LogP contribution in [-0.2, 0) is 13.6 Å². The molecule has 0 aliphatic rings. The average Bonchev–Trinajstić information content (AvgIpc) is 2.68. The summed E-state index contributed by atoms with van der Waals surface area (Å²) in [6, 6.07) is 4.34. The van der Waals surface area contributed by atoms with Crippen LogP contribution in [0.2, 0.25) is 0 Å². The van der Waals surface area contributed by atoms with E-state index >= 15 is 0 Å². The zero-order chi connectivity index (χ0) is 14.0. The fraction of sp³-hybridized carbons (Fsp3) is 0.231. The van der Waals surface area contributed by atoms with Crippen LogP contribution >= 0.6 is 12.2 Å². The van der Waals surface area contributed by atoms with Crippen molar-refractivity contribution >= 4 is 22.9 Å². The second-order valence-corrected chi connectivity index (χ2v) is 4.73. The molecule has 0 spiro atoms. The van der Waals surface area contributed by atoms with Crippen LogP contribution in [-0.4, -0.2) is 14.8 Å². The Labute approximate surface area is 116 Å². The molecule has 6 heteroatoms. The minimum atomic E-state index is -0.356. The highest BCUT2D eigenvalue weighted by molar-refractivity contribution is 7.80. The van der Waals surface area contributed by atoms with Crippen molar-refractivity contribution < 1.29 is 4.39 Å². The number of aryl methyl sites for hydroxylation is 1. The highest BCUT2D eigenvalue weighted by atomic mass is 32.1. The van der Waals surface area contributed by atoms with E-state index in [1.807, 2.05) is 14.0 Å². The molecule has 2 rings (SSSR count). The number of rotatable bonds is 4. The standard InChI is InChI=1S/C13H15FN4S/c1-8-9(7-17-18(8)2)6-16-12-4-3-10(14)5-11(12)13(15)19/h3-5,7,16H,6H2,1-2H3,(H2,15,19). The smallest absolute Gasteiger partial charge is 0.124 e. The number of aromatic nitrogens is 2. The first-order valence-electron chi connectivity index (χ1n) is 5.79. The number of nitrogens with one attached hydrogen (secondary N) is 1. The van der Waals surface area contributed by atoms with Crippen molar-refractivity contribution in [3.8, 4) is 0 Å². The van der Waals surface area contributed by atoms with Gasteiger partial charge >= 0.3 is 0 Å². The number of anilines is 1. The molecule has 19 heavy (non-hydrogen) atoms. The van der Waals surface area contributed by atoms with E-state index in [0.29, 0.717) is 12.1 Å². The summed E-state index contributed by atoms with van der Waals surface area (Å²) in [5.41, 5.74) is 8.97. The number of halogens is 1. The Morgan fingerprint density at radius 2 is 2.26 bits per heavy atom. The number of nitrogens with zero attached hydrogens (tertiary/aromatic N) is 2. The van der Waals surface area contributed by atoms with Gasteiger partial charge in [-0.15, -0.1) is 0 Å². The van der Waals surface area contributed by atoms with E-state index in [1.165, 1.54) is 12.1 Å². The second-order valence-electron chi connectivity index (χ2n) is 4.29. The van der Waals surface area contributed by atoms with Gasteiger partial charge in [-0.3, -0.25) is 4.68 Å². The van der Waals surface area contributed by atoms with Gasteiger partial charge in [-0.2, -0.15) is 5.10 Å². The minimum Gasteiger partial charge on any atom is -0.389 e. The molecule has 0 saturated heterocycles. The molecule has 0 radical (unpaired) electrons. The van der Waals surface area contributed by atoms with Gasteiger partial charge in [0.05, 0.1) is 6.20 Å². The lowest BCUT2D eigenvalue weighted by molar-refractivity contribution is 0.627. The van der Waals surface area contributed by atoms with Crippen LogP contribution in [0, 0.1) is 12.7 Å². The maximum Gasteiger partial charge on any atom is 0.124 e. The topological polar surface area (TPSA) is 55.9 Å². The van der Waals surface area contributed by atoms with Crippen molar-refractivity contribution in [1.29, 1.82) is 0 Å². The van der Waals surface area contributed by atoms with Crippen molar-refractivity contribution in [2.75, 3.05) is 5.32 Å². The maximum atomic E-state index is 13.2. The molecule has 0 atom stereocenters. The van der Waals surface area contributed by atoms with Gasteiger partial charge in [-0.1, -0.05) is 12.2 Å². The van der Waals surface area contributed by atoms with Crippen LogP contribution in [0.4, 0.5) is 10.1 Å². The van der Waals surface area contributed by atoms with E-state index in [1.54, 1.807) is 16.9 Å². The summed E-state index contributed by atoms with van der Waals surface area (Å²) in [5, 5.41) is 7.37. The highest BCUT2D eigenvalue weighted by Gasteiger charge is 2.08. The van der Waals surface area contributed by atoms with Gasteiger partial charge < -0.3 is 11.1 Å². The van der Waals surface area contributed by atoms with Crippen LogP contribution < -0.4 is 11.1 Å². The van der Waals surface area contributed by atoms with Gasteiger partial charge in [-0.05, 0) is 25.1 Å². The first-order valence-corrected chi connectivity index (χ1v) is 6.20. The molecule has 0 aliphatic heterocycles. The predicted molar refractivity (Wildman–Crippen MR) is 77.6 cm³/mol. The zero-order valence-electron chi connectivity index (χ0n) is 10.8. The van der Waals surface area contributed by atoms with E-state index in [4.69, 9.17) is 18.0 Å². The highest BCUT2D eigenvalue weighted by Crippen LogP contribution is 2.18. The lowest BCUT2D eigenvalue weighted by Gasteiger charge is -2.11. The summed E-state index contributed by atoms with van der Waals surface area (Å²) in [5.74, 6) is -0.356. The van der Waals surface area contributed by atoms with E-state index in [9.17, 15) is 4.39 Å². The van der Waals surface area contributed by atoms with Crippen molar-refractivity contribution in [3.05, 3.63) is 47.0 Å². The third kappa shape index (κ3) is 2.90. The van der Waals surface area contributed by atoms with Crippen LogP contribution in [0.5, 0.6) is 0 Å². The zero-order valence-corrected chi connectivity index (χ0v) is 11.6. The summed E-state index contributed by atoms with van der Waals surface area (Å²) >= 11 is 4.92. The quantitative estimate of drug-likeness (QED) is 0.841. The Kier molecular flexibility index (Phi) is 3.80. The molecule has 1 heterocycles. The fourth-order valence-corrected chi connectivity index (χ4v) is 1.95. The van der Waals surface area contributed by atoms with E-state index in [0.717, 1.165) is 16.9 Å². The van der Waals surface area contributed by atoms with Crippen molar-refractivity contribution in [3.63, 3.8) is 0 Å². The molecular weight excluding hydrogens is 263 g/mol. The Morgan fingerprint density at radius 1 is 1.53 bits per heavy atom. The van der Waals surface area contributed by atoms with Crippen molar-refractivity contribution in [1.82, 2.24) is 9.78 Å². The van der Waals surface area contributed by atoms with Crippen LogP contribution in [0.15, 0.2) is 24.4 Å². The van der Waals surface area contributed by atoms with Gasteiger partial charge in [0.15, 0.2) is 0 Å². The summed E-state index contributed by atoms with van der Waals surface area (Å²) in [6.07, 6.45) is 1.80. The lowest BCUT2D eigenvalue weighted by atomic mass is 10.1. The minimum absolute atomic E-state index is 0.171. The molecule has 100 valence electrons. The molecular formula is C13H15FN4S. The first kappa shape index (κ1) is 13.5. The molecule has 0 bridgehead atoms. The number of hydrogen-bond donors (Lipinski definition) is 2. The van der Waals surface area contributed by atoms with Gasteiger partial charge in [0.25, 0.3) is 0 Å². The predicted octanol–water partition coefficient (Wildman–Crippen LogP) is 2.11. The summed E-state index contributed by atoms with van der Waals surface area (Å²) in [6.45, 7) is 2.57. The summed E-state index contributed by atoms with van der Waals surface area (Å²) < 4.78 is 15.0. The number of hydrogen-bond acceptors (Lipinski definition) is 3. The summed E-state index contributed by atoms with van der Waals surface area (Å²) in [7, 11) is 1.89. The van der Waals surface area contributed by atoms with Gasteiger partial charge in [-0.25, -0.2) is 4.39 Å². The normalized spacial score (nSPS) is 10.5. The monoisotopic (exact) mass is 278 g/mol. The first-order chi connectivity index (χ1) is 8.99. The van der Waals surface area contributed by atoms with Gasteiger partial charge in [0, 0.05) is 36.1 Å². The number of nitrogens with two attached hydrogens (primary N) is 1. The molecule has 0 saturated carbocycles. The van der Waals surface area contributed by atoms with E-state index < -0.39 is 0 Å². The average molecular weight is 278 g/mol. The van der Waals surface area contributed by atoms with Gasteiger partial charge in [0.2, 0.25) is 0 Å². The number of benzene rings is 1. The molecule has 0 aliphatic carbocycles. The van der Waals surface area contributed by atoms with Crippen LogP contribution in [0.3, 0.4) is 0 Å². The molecule has 2 aromatic rings. The van der Waals surface area contributed by atoms with Gasteiger partial charge in [0.1, 0.15) is 10.8 Å². The fourth-order valence-electron chi connectivity index (χ4n) is 1.78. The molecule has 3 N–H and O–H groups in total. The molecule has 0 unspecified atom stereocenters. The molecule has 0 amide bonds. The SMILES string of the molecule is Cc1c(CNc2ccc(F)cc2C(N)=S)cnn1C. The third-order valence-corrected chi connectivity index (χ3v) is 3.27. The number of thiocarbonyl (C=S) groups is 1. The van der Waals surface area contributed by atoms with Crippen LogP contribution in [0.1, 0.15) is 16.8 Å². The molecule has 1 aromatic heterocycles. The Balaban J connectivity index is 2.20. The molecule has 1 aromatic carbocycles. The third-order valence-electron chi connectivity index (χ3n) is 3.05. The Hall–Kier alpha value is -1.95. The Bertz CT molecular complexity index is 621. The summed E-state index contributed by atoms with van der Waals surface area (Å²) in [4.78, 5) is 0.171.